The lowest BCUT2D eigenvalue weighted by molar-refractivity contribution is 0.0697. The largest absolute Gasteiger partial charge is 0.477 e. The number of carbonyl (C=O) groups is 1. The Labute approximate surface area is 128 Å². The van der Waals surface area contributed by atoms with Gasteiger partial charge in [0.15, 0.2) is 5.82 Å². The van der Waals surface area contributed by atoms with E-state index < -0.39 is 5.97 Å². The van der Waals surface area contributed by atoms with E-state index in [0.717, 1.165) is 10.2 Å². The Bertz CT molecular complexity index is 936. The van der Waals surface area contributed by atoms with E-state index in [1.54, 1.807) is 21.6 Å². The molecule has 0 radical (unpaired) electrons. The third-order valence-corrected chi connectivity index (χ3v) is 4.30. The SMILES string of the molecule is O=C(O)c1cnn(-c2nc3ccccc3s2)c1-n1cccc1. The highest BCUT2D eigenvalue weighted by molar-refractivity contribution is 7.20. The molecular formula is C15H10N4O2S. The molecule has 4 rings (SSSR count). The number of carboxylic acids is 1. The Morgan fingerprint density at radius 2 is 1.91 bits per heavy atom. The molecule has 6 nitrogen and oxygen atoms in total. The van der Waals surface area contributed by atoms with Gasteiger partial charge in [-0.3, -0.25) is 0 Å². The van der Waals surface area contributed by atoms with Crippen LogP contribution in [0.15, 0.2) is 55.0 Å². The molecule has 3 heterocycles. The summed E-state index contributed by atoms with van der Waals surface area (Å²) in [5, 5.41) is 14.2. The van der Waals surface area contributed by atoms with Gasteiger partial charge in [0.05, 0.1) is 16.4 Å². The predicted octanol–water partition coefficient (Wildman–Crippen LogP) is 2.97. The van der Waals surface area contributed by atoms with Crippen molar-refractivity contribution in [2.75, 3.05) is 0 Å². The van der Waals surface area contributed by atoms with Crippen LogP contribution >= 0.6 is 11.3 Å². The molecule has 7 heteroatoms. The van der Waals surface area contributed by atoms with Gasteiger partial charge in [-0.05, 0) is 24.3 Å². The standard InChI is InChI=1S/C15H10N4O2S/c20-14(21)10-9-16-19(13(10)18-7-3-4-8-18)15-17-11-5-1-2-6-12(11)22-15/h1-9H,(H,20,21). The maximum atomic E-state index is 11.5. The van der Waals surface area contributed by atoms with E-state index in [1.807, 2.05) is 36.4 Å². The first kappa shape index (κ1) is 12.8. The third-order valence-electron chi connectivity index (χ3n) is 3.29. The second-order valence-electron chi connectivity index (χ2n) is 4.65. The highest BCUT2D eigenvalue weighted by Crippen LogP contribution is 2.27. The number of para-hydroxylation sites is 1. The van der Waals surface area contributed by atoms with Crippen molar-refractivity contribution in [1.29, 1.82) is 0 Å². The molecule has 22 heavy (non-hydrogen) atoms. The van der Waals surface area contributed by atoms with Crippen molar-refractivity contribution >= 4 is 27.5 Å². The summed E-state index contributed by atoms with van der Waals surface area (Å²) in [5.41, 5.74) is 1.00. The summed E-state index contributed by atoms with van der Waals surface area (Å²) in [4.78, 5) is 16.0. The van der Waals surface area contributed by atoms with E-state index in [2.05, 4.69) is 10.1 Å². The van der Waals surface area contributed by atoms with Gasteiger partial charge in [0.1, 0.15) is 5.56 Å². The number of carboxylic acid groups (broad SMARTS) is 1. The molecule has 0 aliphatic rings. The molecule has 108 valence electrons. The number of thiazole rings is 1. The first-order valence-electron chi connectivity index (χ1n) is 6.54. The number of aromatic carboxylic acids is 1. The van der Waals surface area contributed by atoms with Gasteiger partial charge >= 0.3 is 5.97 Å². The zero-order valence-electron chi connectivity index (χ0n) is 11.2. The summed E-state index contributed by atoms with van der Waals surface area (Å²) in [5.74, 6) is -0.549. The Morgan fingerprint density at radius 3 is 2.64 bits per heavy atom. The molecule has 0 aliphatic carbocycles. The minimum Gasteiger partial charge on any atom is -0.477 e. The van der Waals surface area contributed by atoms with Crippen molar-refractivity contribution in [2.24, 2.45) is 0 Å². The number of hydrogen-bond acceptors (Lipinski definition) is 4. The zero-order valence-corrected chi connectivity index (χ0v) is 12.1. The van der Waals surface area contributed by atoms with Crippen LogP contribution in [0.2, 0.25) is 0 Å². The lowest BCUT2D eigenvalue weighted by atomic mass is 10.3. The van der Waals surface area contributed by atoms with Crippen LogP contribution in [0.3, 0.4) is 0 Å². The topological polar surface area (TPSA) is 72.9 Å². The fraction of sp³-hybridized carbons (Fsp3) is 0. The fourth-order valence-electron chi connectivity index (χ4n) is 2.31. The number of rotatable bonds is 3. The normalized spacial score (nSPS) is 11.1. The maximum Gasteiger partial charge on any atom is 0.341 e. The molecular weight excluding hydrogens is 300 g/mol. The van der Waals surface area contributed by atoms with E-state index >= 15 is 0 Å². The van der Waals surface area contributed by atoms with Gasteiger partial charge in [-0.15, -0.1) is 0 Å². The number of hydrogen-bond donors (Lipinski definition) is 1. The maximum absolute atomic E-state index is 11.5. The van der Waals surface area contributed by atoms with Crippen molar-refractivity contribution in [1.82, 2.24) is 19.3 Å². The van der Waals surface area contributed by atoms with Gasteiger partial charge in [0.25, 0.3) is 0 Å². The number of fused-ring (bicyclic) bond motifs is 1. The van der Waals surface area contributed by atoms with E-state index in [4.69, 9.17) is 0 Å². The predicted molar refractivity (Wildman–Crippen MR) is 83.0 cm³/mol. The van der Waals surface area contributed by atoms with Crippen LogP contribution in [0.25, 0.3) is 21.2 Å². The van der Waals surface area contributed by atoms with Gasteiger partial charge in [-0.2, -0.15) is 9.78 Å². The van der Waals surface area contributed by atoms with E-state index in [9.17, 15) is 9.90 Å². The molecule has 0 fully saturated rings. The molecule has 1 N–H and O–H groups in total. The number of aromatic nitrogens is 4. The van der Waals surface area contributed by atoms with Gasteiger partial charge in [0, 0.05) is 12.4 Å². The van der Waals surface area contributed by atoms with Crippen LogP contribution < -0.4 is 0 Å². The van der Waals surface area contributed by atoms with Gasteiger partial charge < -0.3 is 9.67 Å². The van der Waals surface area contributed by atoms with E-state index in [1.165, 1.54) is 17.5 Å². The lowest BCUT2D eigenvalue weighted by Crippen LogP contribution is -2.08. The molecule has 0 aliphatic heterocycles. The minimum atomic E-state index is -1.02. The van der Waals surface area contributed by atoms with E-state index in [0.29, 0.717) is 10.9 Å². The summed E-state index contributed by atoms with van der Waals surface area (Å²) in [6, 6.07) is 11.4. The minimum absolute atomic E-state index is 0.135. The van der Waals surface area contributed by atoms with Crippen LogP contribution in [0.4, 0.5) is 0 Å². The molecule has 0 amide bonds. The van der Waals surface area contributed by atoms with Crippen LogP contribution in [0.1, 0.15) is 10.4 Å². The van der Waals surface area contributed by atoms with Crippen LogP contribution in [0, 0.1) is 0 Å². The molecule has 0 bridgehead atoms. The fourth-order valence-corrected chi connectivity index (χ4v) is 3.23. The number of benzene rings is 1. The quantitative estimate of drug-likeness (QED) is 0.631. The average molecular weight is 310 g/mol. The molecule has 3 aromatic heterocycles. The Morgan fingerprint density at radius 1 is 1.14 bits per heavy atom. The lowest BCUT2D eigenvalue weighted by Gasteiger charge is -2.06. The summed E-state index contributed by atoms with van der Waals surface area (Å²) < 4.78 is 4.32. The van der Waals surface area contributed by atoms with Gasteiger partial charge in [0.2, 0.25) is 5.13 Å². The van der Waals surface area contributed by atoms with Crippen LogP contribution in [-0.2, 0) is 0 Å². The molecule has 0 saturated heterocycles. The van der Waals surface area contributed by atoms with E-state index in [-0.39, 0.29) is 5.56 Å². The second kappa shape index (κ2) is 4.81. The highest BCUT2D eigenvalue weighted by atomic mass is 32.1. The Hall–Kier alpha value is -2.93. The molecule has 0 unspecified atom stereocenters. The Balaban J connectivity index is 1.97. The highest BCUT2D eigenvalue weighted by Gasteiger charge is 2.20. The molecule has 0 atom stereocenters. The summed E-state index contributed by atoms with van der Waals surface area (Å²) in [6.45, 7) is 0. The first-order chi connectivity index (χ1) is 10.7. The van der Waals surface area contributed by atoms with Crippen molar-refractivity contribution in [3.63, 3.8) is 0 Å². The van der Waals surface area contributed by atoms with Gasteiger partial charge in [-0.1, -0.05) is 23.5 Å². The van der Waals surface area contributed by atoms with Crippen molar-refractivity contribution in [2.45, 2.75) is 0 Å². The van der Waals surface area contributed by atoms with Crippen LogP contribution in [0.5, 0.6) is 0 Å². The Kier molecular flexibility index (Phi) is 2.80. The average Bonchev–Trinajstić information content (AvgIpc) is 3.24. The first-order valence-corrected chi connectivity index (χ1v) is 7.36. The molecule has 0 spiro atoms. The molecule has 0 saturated carbocycles. The molecule has 4 aromatic rings. The van der Waals surface area contributed by atoms with Crippen molar-refractivity contribution in [3.05, 3.63) is 60.6 Å². The summed E-state index contributed by atoms with van der Waals surface area (Å²) in [6.07, 6.45) is 4.92. The zero-order chi connectivity index (χ0) is 15.1. The summed E-state index contributed by atoms with van der Waals surface area (Å²) >= 11 is 1.47. The third kappa shape index (κ3) is 1.91. The van der Waals surface area contributed by atoms with Gasteiger partial charge in [-0.25, -0.2) is 9.78 Å². The smallest absolute Gasteiger partial charge is 0.341 e. The van der Waals surface area contributed by atoms with Crippen molar-refractivity contribution < 1.29 is 9.90 Å². The molecule has 1 aromatic carbocycles. The van der Waals surface area contributed by atoms with Crippen LogP contribution in [-0.4, -0.2) is 30.4 Å². The number of nitrogens with zero attached hydrogens (tertiary/aromatic N) is 4. The second-order valence-corrected chi connectivity index (χ2v) is 5.66. The van der Waals surface area contributed by atoms with Crippen molar-refractivity contribution in [3.8, 4) is 10.9 Å². The monoisotopic (exact) mass is 310 g/mol. The summed E-state index contributed by atoms with van der Waals surface area (Å²) in [7, 11) is 0.